The Hall–Kier alpha value is -3.07. The number of benzene rings is 2. The van der Waals surface area contributed by atoms with Crippen LogP contribution in [0.4, 0.5) is 5.69 Å². The Morgan fingerprint density at radius 1 is 1.14 bits per heavy atom. The van der Waals surface area contributed by atoms with Crippen LogP contribution in [0.15, 0.2) is 42.6 Å². The fourth-order valence-corrected chi connectivity index (χ4v) is 4.24. The van der Waals surface area contributed by atoms with Crippen molar-refractivity contribution < 1.29 is 4.74 Å². The number of ether oxygens (including phenoxy) is 1. The maximum absolute atomic E-state index is 6.39. The van der Waals surface area contributed by atoms with Gasteiger partial charge in [-0.05, 0) is 31.2 Å². The van der Waals surface area contributed by atoms with Crippen molar-refractivity contribution >= 4 is 39.2 Å². The van der Waals surface area contributed by atoms with Crippen molar-refractivity contribution in [3.63, 3.8) is 0 Å². The lowest BCUT2D eigenvalue weighted by atomic mass is 10.1. The van der Waals surface area contributed by atoms with Gasteiger partial charge in [-0.15, -0.1) is 6.42 Å². The lowest BCUT2D eigenvalue weighted by molar-refractivity contribution is 0.122. The predicted molar refractivity (Wildman–Crippen MR) is 117 cm³/mol. The molecule has 0 radical (unpaired) electrons. The van der Waals surface area contributed by atoms with E-state index in [1.54, 1.807) is 6.20 Å². The van der Waals surface area contributed by atoms with Crippen LogP contribution < -0.4 is 4.90 Å². The fraction of sp³-hybridized carbons (Fsp3) is 0.217. The standard InChI is InChI=1S/C23H19ClN4O/c1-3-16-13-17(27-9-11-29-12-10-27)14-21-22(16)26-15(2)28(21)20-7-8-25-23-18(20)5-4-6-19(23)24/h1,4-8,13-14H,9-12H2,2H3. The van der Waals surface area contributed by atoms with Crippen molar-refractivity contribution in [3.8, 4) is 18.0 Å². The highest BCUT2D eigenvalue weighted by Gasteiger charge is 2.19. The van der Waals surface area contributed by atoms with Gasteiger partial charge < -0.3 is 9.64 Å². The summed E-state index contributed by atoms with van der Waals surface area (Å²) in [6.07, 6.45) is 7.63. The van der Waals surface area contributed by atoms with Crippen LogP contribution in [0.1, 0.15) is 11.4 Å². The molecule has 5 nitrogen and oxygen atoms in total. The molecule has 0 unspecified atom stereocenters. The summed E-state index contributed by atoms with van der Waals surface area (Å²) in [6, 6.07) is 12.0. The molecule has 2 aromatic carbocycles. The maximum Gasteiger partial charge on any atom is 0.111 e. The van der Waals surface area contributed by atoms with E-state index in [9.17, 15) is 0 Å². The molecule has 0 bridgehead atoms. The number of nitrogens with zero attached hydrogens (tertiary/aromatic N) is 4. The Kier molecular flexibility index (Phi) is 4.39. The fourth-order valence-electron chi connectivity index (χ4n) is 4.02. The number of para-hydroxylation sites is 1. The first-order chi connectivity index (χ1) is 14.2. The van der Waals surface area contributed by atoms with E-state index < -0.39 is 0 Å². The number of rotatable bonds is 2. The quantitative estimate of drug-likeness (QED) is 0.467. The summed E-state index contributed by atoms with van der Waals surface area (Å²) in [6.45, 7) is 5.11. The van der Waals surface area contributed by atoms with Crippen LogP contribution in [0.5, 0.6) is 0 Å². The number of terminal acetylenes is 1. The van der Waals surface area contributed by atoms with E-state index in [0.717, 1.165) is 71.0 Å². The summed E-state index contributed by atoms with van der Waals surface area (Å²) >= 11 is 6.39. The molecule has 0 amide bonds. The molecular formula is C23H19ClN4O. The number of anilines is 1. The molecule has 0 spiro atoms. The minimum absolute atomic E-state index is 0.629. The summed E-state index contributed by atoms with van der Waals surface area (Å²) in [5, 5.41) is 1.60. The Morgan fingerprint density at radius 3 is 2.76 bits per heavy atom. The third-order valence-corrected chi connectivity index (χ3v) is 5.69. The van der Waals surface area contributed by atoms with Crippen molar-refractivity contribution in [1.82, 2.24) is 14.5 Å². The Morgan fingerprint density at radius 2 is 1.97 bits per heavy atom. The molecule has 6 heteroatoms. The van der Waals surface area contributed by atoms with Gasteiger partial charge in [-0.3, -0.25) is 9.55 Å². The molecule has 0 saturated carbocycles. The molecule has 1 saturated heterocycles. The topological polar surface area (TPSA) is 43.2 Å². The zero-order chi connectivity index (χ0) is 20.0. The van der Waals surface area contributed by atoms with Crippen molar-refractivity contribution in [3.05, 3.63) is 59.0 Å². The summed E-state index contributed by atoms with van der Waals surface area (Å²) < 4.78 is 7.64. The first-order valence-electron chi connectivity index (χ1n) is 9.53. The second-order valence-corrected chi connectivity index (χ2v) is 7.47. The van der Waals surface area contributed by atoms with E-state index in [4.69, 9.17) is 27.7 Å². The number of hydrogen-bond acceptors (Lipinski definition) is 4. The molecule has 2 aromatic heterocycles. The predicted octanol–water partition coefficient (Wildman–Crippen LogP) is 4.35. The first-order valence-corrected chi connectivity index (χ1v) is 9.91. The molecule has 1 aliphatic rings. The van der Waals surface area contributed by atoms with Crippen LogP contribution >= 0.6 is 11.6 Å². The van der Waals surface area contributed by atoms with Gasteiger partial charge in [-0.25, -0.2) is 4.98 Å². The van der Waals surface area contributed by atoms with Gasteiger partial charge in [-0.2, -0.15) is 0 Å². The first kappa shape index (κ1) is 18.0. The maximum atomic E-state index is 6.39. The van der Waals surface area contributed by atoms with Crippen molar-refractivity contribution in [2.24, 2.45) is 0 Å². The molecule has 29 heavy (non-hydrogen) atoms. The van der Waals surface area contributed by atoms with Gasteiger partial charge in [0, 0.05) is 30.4 Å². The summed E-state index contributed by atoms with van der Waals surface area (Å²) in [5.74, 6) is 3.68. The van der Waals surface area contributed by atoms with Gasteiger partial charge in [0.2, 0.25) is 0 Å². The van der Waals surface area contributed by atoms with Crippen molar-refractivity contribution in [2.45, 2.75) is 6.92 Å². The SMILES string of the molecule is C#Cc1cc(N2CCOCC2)cc2c1nc(C)n2-c1ccnc2c(Cl)cccc12. The number of pyridine rings is 1. The highest BCUT2D eigenvalue weighted by molar-refractivity contribution is 6.35. The molecule has 5 rings (SSSR count). The van der Waals surface area contributed by atoms with E-state index in [2.05, 4.69) is 26.4 Å². The lowest BCUT2D eigenvalue weighted by Crippen LogP contribution is -2.36. The summed E-state index contributed by atoms with van der Waals surface area (Å²) in [4.78, 5) is 11.6. The zero-order valence-electron chi connectivity index (χ0n) is 16.0. The van der Waals surface area contributed by atoms with Gasteiger partial charge in [0.25, 0.3) is 0 Å². The number of fused-ring (bicyclic) bond motifs is 2. The Bertz CT molecular complexity index is 1280. The number of halogens is 1. The van der Waals surface area contributed by atoms with Gasteiger partial charge in [0.1, 0.15) is 11.3 Å². The molecule has 3 heterocycles. The van der Waals surface area contributed by atoms with E-state index in [1.165, 1.54) is 0 Å². The largest absolute Gasteiger partial charge is 0.378 e. The number of aryl methyl sites for hydroxylation is 1. The molecule has 0 aliphatic carbocycles. The van der Waals surface area contributed by atoms with Crippen molar-refractivity contribution in [2.75, 3.05) is 31.2 Å². The third-order valence-electron chi connectivity index (χ3n) is 5.38. The normalized spacial score (nSPS) is 14.4. The van der Waals surface area contributed by atoms with Crippen molar-refractivity contribution in [1.29, 1.82) is 0 Å². The van der Waals surface area contributed by atoms with E-state index >= 15 is 0 Å². The van der Waals surface area contributed by atoms with Gasteiger partial charge in [0.15, 0.2) is 0 Å². The van der Waals surface area contributed by atoms with Crippen LogP contribution in [0.25, 0.3) is 27.6 Å². The van der Waals surface area contributed by atoms with Crippen LogP contribution in [0, 0.1) is 19.3 Å². The molecule has 4 aromatic rings. The molecule has 1 fully saturated rings. The second-order valence-electron chi connectivity index (χ2n) is 7.07. The number of aromatic nitrogens is 3. The second kappa shape index (κ2) is 7.07. The van der Waals surface area contributed by atoms with Crippen LogP contribution in [0.3, 0.4) is 0 Å². The highest BCUT2D eigenvalue weighted by Crippen LogP contribution is 2.33. The summed E-state index contributed by atoms with van der Waals surface area (Å²) in [5.41, 5.74) is 5.45. The van der Waals surface area contributed by atoms with Crippen LogP contribution in [0.2, 0.25) is 5.02 Å². The van der Waals surface area contributed by atoms with E-state index in [-0.39, 0.29) is 0 Å². The molecule has 144 valence electrons. The van der Waals surface area contributed by atoms with Gasteiger partial charge >= 0.3 is 0 Å². The molecule has 1 aliphatic heterocycles. The molecule has 0 atom stereocenters. The van der Waals surface area contributed by atoms with E-state index in [0.29, 0.717) is 5.02 Å². The minimum Gasteiger partial charge on any atom is -0.378 e. The number of hydrogen-bond donors (Lipinski definition) is 0. The highest BCUT2D eigenvalue weighted by atomic mass is 35.5. The van der Waals surface area contributed by atoms with E-state index in [1.807, 2.05) is 37.3 Å². The smallest absolute Gasteiger partial charge is 0.111 e. The lowest BCUT2D eigenvalue weighted by Gasteiger charge is -2.29. The zero-order valence-corrected chi connectivity index (χ0v) is 16.8. The molecular weight excluding hydrogens is 384 g/mol. The third kappa shape index (κ3) is 2.93. The Labute approximate surface area is 173 Å². The molecule has 0 N–H and O–H groups in total. The average molecular weight is 403 g/mol. The van der Waals surface area contributed by atoms with Crippen LogP contribution in [-0.2, 0) is 4.74 Å². The minimum atomic E-state index is 0.629. The monoisotopic (exact) mass is 402 g/mol. The van der Waals surface area contributed by atoms with Gasteiger partial charge in [0.05, 0.1) is 40.5 Å². The summed E-state index contributed by atoms with van der Waals surface area (Å²) in [7, 11) is 0. The average Bonchev–Trinajstić information content (AvgIpc) is 3.09. The number of morpholine rings is 1. The Balaban J connectivity index is 1.80. The number of imidazole rings is 1. The van der Waals surface area contributed by atoms with Gasteiger partial charge in [-0.1, -0.05) is 29.7 Å². The van der Waals surface area contributed by atoms with Crippen LogP contribution in [-0.4, -0.2) is 40.8 Å².